The van der Waals surface area contributed by atoms with Crippen LogP contribution in [0.3, 0.4) is 0 Å². The number of hydrogen-bond donors (Lipinski definition) is 1. The van der Waals surface area contributed by atoms with Crippen LogP contribution in [0.4, 0.5) is 22.7 Å². The van der Waals surface area contributed by atoms with Crippen molar-refractivity contribution in [2.75, 3.05) is 38.1 Å². The minimum absolute atomic E-state index is 0.0540. The van der Waals surface area contributed by atoms with Gasteiger partial charge in [-0.05, 0) is 30.8 Å². The van der Waals surface area contributed by atoms with E-state index in [4.69, 9.17) is 16.7 Å². The molecule has 15 heteroatoms. The summed E-state index contributed by atoms with van der Waals surface area (Å²) in [7, 11) is -2.80. The number of rotatable bonds is 6. The first-order valence-corrected chi connectivity index (χ1v) is 13.4. The van der Waals surface area contributed by atoms with Gasteiger partial charge in [-0.3, -0.25) is 0 Å². The second-order valence-corrected chi connectivity index (χ2v) is 11.3. The maximum atomic E-state index is 15.8. The van der Waals surface area contributed by atoms with Crippen molar-refractivity contribution in [1.82, 2.24) is 19.9 Å². The van der Waals surface area contributed by atoms with Gasteiger partial charge in [0.25, 0.3) is 0 Å². The molecule has 0 radical (unpaired) electrons. The lowest BCUT2D eigenvalue weighted by atomic mass is 10.0. The molecule has 1 fully saturated rings. The van der Waals surface area contributed by atoms with E-state index >= 15 is 4.39 Å². The third-order valence-electron chi connectivity index (χ3n) is 5.69. The van der Waals surface area contributed by atoms with Crippen LogP contribution in [0.1, 0.15) is 17.2 Å². The number of hydrogen-bond acceptors (Lipinski definition) is 8. The predicted molar refractivity (Wildman–Crippen MR) is 130 cm³/mol. The van der Waals surface area contributed by atoms with Crippen LogP contribution in [-0.4, -0.2) is 67.7 Å². The summed E-state index contributed by atoms with van der Waals surface area (Å²) in [5.41, 5.74) is -0.424. The largest absolute Gasteiger partial charge is 0.390 e. The Morgan fingerprint density at radius 2 is 1.86 bits per heavy atom. The average Bonchev–Trinajstić information content (AvgIpc) is 3.22. The molecule has 1 aliphatic rings. The molecule has 4 rings (SSSR count). The first kappa shape index (κ1) is 26.7. The summed E-state index contributed by atoms with van der Waals surface area (Å²) in [5.74, 6) is -1.16. The zero-order valence-corrected chi connectivity index (χ0v) is 21.2. The van der Waals surface area contributed by atoms with Gasteiger partial charge in [0.1, 0.15) is 11.1 Å². The Labute approximate surface area is 213 Å². The topological polar surface area (TPSA) is 105 Å². The maximum Gasteiger partial charge on any atom is 0.390 e. The van der Waals surface area contributed by atoms with Crippen molar-refractivity contribution in [1.29, 1.82) is 0 Å². The number of primary sulfonamides is 1. The van der Waals surface area contributed by atoms with Gasteiger partial charge in [-0.15, -0.1) is 0 Å². The van der Waals surface area contributed by atoms with E-state index in [1.165, 1.54) is 29.7 Å². The summed E-state index contributed by atoms with van der Waals surface area (Å²) >= 11 is 7.18. The van der Waals surface area contributed by atoms with Crippen molar-refractivity contribution in [2.24, 2.45) is 5.14 Å². The average molecular weight is 565 g/mol. The Morgan fingerprint density at radius 3 is 2.47 bits per heavy atom. The number of piperazine rings is 1. The fraction of sp³-hybridized carbons (Fsp3) is 0.381. The predicted octanol–water partition coefficient (Wildman–Crippen LogP) is 4.09. The van der Waals surface area contributed by atoms with Gasteiger partial charge in [-0.2, -0.15) is 13.2 Å². The Morgan fingerprint density at radius 1 is 1.17 bits per heavy atom. The van der Waals surface area contributed by atoms with Crippen LogP contribution >= 0.6 is 22.9 Å². The van der Waals surface area contributed by atoms with E-state index in [1.54, 1.807) is 6.07 Å². The lowest BCUT2D eigenvalue weighted by molar-refractivity contribution is -0.135. The van der Waals surface area contributed by atoms with Crippen molar-refractivity contribution in [2.45, 2.75) is 17.8 Å². The van der Waals surface area contributed by atoms with Crippen molar-refractivity contribution in [3.63, 3.8) is 0 Å². The normalized spacial score (nSPS) is 16.4. The standard InChI is InChI=1S/C21H21ClF4N6O2S2/c1-31-7-9-32(10-8-31)20-30-17(18(35-20)14-5-6-28-19(22)29-14)13-4-2-3-12(16(13)23)15(36(27,33)34)11-21(24,25)26/h2-6,15H,7-11H2,1H3,(H2,27,33,34). The zero-order valence-electron chi connectivity index (χ0n) is 18.8. The van der Waals surface area contributed by atoms with Crippen LogP contribution in [0.2, 0.25) is 5.28 Å². The van der Waals surface area contributed by atoms with Gasteiger partial charge in [0.15, 0.2) is 5.13 Å². The number of nitrogens with two attached hydrogens (primary N) is 1. The molecule has 1 atom stereocenters. The molecule has 0 saturated carbocycles. The highest BCUT2D eigenvalue weighted by molar-refractivity contribution is 7.89. The van der Waals surface area contributed by atoms with Crippen molar-refractivity contribution >= 4 is 38.1 Å². The van der Waals surface area contributed by atoms with Crippen molar-refractivity contribution < 1.29 is 26.0 Å². The molecule has 3 aromatic rings. The number of likely N-dealkylation sites (N-methyl/N-ethyl adjacent to an activating group) is 1. The Hall–Kier alpha value is -2.39. The number of benzene rings is 1. The molecule has 3 heterocycles. The zero-order chi connectivity index (χ0) is 26.3. The lowest BCUT2D eigenvalue weighted by Gasteiger charge is -2.32. The Bertz CT molecular complexity index is 1360. The summed E-state index contributed by atoms with van der Waals surface area (Å²) < 4.78 is 79.3. The number of nitrogens with zero attached hydrogens (tertiary/aromatic N) is 5. The van der Waals surface area contributed by atoms with Gasteiger partial charge in [-0.25, -0.2) is 32.9 Å². The van der Waals surface area contributed by atoms with E-state index in [1.807, 2.05) is 11.9 Å². The molecule has 2 aromatic heterocycles. The van der Waals surface area contributed by atoms with E-state index < -0.39 is 39.3 Å². The molecule has 194 valence electrons. The second-order valence-electron chi connectivity index (χ2n) is 8.28. The number of sulfonamides is 1. The van der Waals surface area contributed by atoms with Crippen molar-refractivity contribution in [3.8, 4) is 21.8 Å². The fourth-order valence-electron chi connectivity index (χ4n) is 3.85. The highest BCUT2D eigenvalue weighted by Gasteiger charge is 2.40. The molecule has 0 spiro atoms. The van der Waals surface area contributed by atoms with Gasteiger partial charge in [0, 0.05) is 43.5 Å². The van der Waals surface area contributed by atoms with E-state index in [9.17, 15) is 21.6 Å². The highest BCUT2D eigenvalue weighted by atomic mass is 35.5. The summed E-state index contributed by atoms with van der Waals surface area (Å²) in [6, 6.07) is 5.12. The number of alkyl halides is 3. The molecular formula is C21H21ClF4N6O2S2. The van der Waals surface area contributed by atoms with Gasteiger partial charge in [0.2, 0.25) is 15.3 Å². The number of halogens is 5. The minimum atomic E-state index is -4.89. The van der Waals surface area contributed by atoms with E-state index in [0.29, 0.717) is 28.8 Å². The van der Waals surface area contributed by atoms with Crippen LogP contribution in [0.15, 0.2) is 30.5 Å². The van der Waals surface area contributed by atoms with Crippen LogP contribution in [0, 0.1) is 5.82 Å². The summed E-state index contributed by atoms with van der Waals surface area (Å²) in [6.45, 7) is 2.88. The van der Waals surface area contributed by atoms with Gasteiger partial charge < -0.3 is 9.80 Å². The van der Waals surface area contributed by atoms with Crippen LogP contribution < -0.4 is 10.0 Å². The quantitative estimate of drug-likeness (QED) is 0.355. The highest BCUT2D eigenvalue weighted by Crippen LogP contribution is 2.43. The van der Waals surface area contributed by atoms with E-state index in [0.717, 1.165) is 19.2 Å². The number of thiazole rings is 1. The molecule has 0 bridgehead atoms. The molecule has 8 nitrogen and oxygen atoms in total. The molecule has 36 heavy (non-hydrogen) atoms. The molecule has 2 N–H and O–H groups in total. The molecule has 1 aliphatic heterocycles. The first-order chi connectivity index (χ1) is 16.8. The Balaban J connectivity index is 1.87. The summed E-state index contributed by atoms with van der Waals surface area (Å²) in [4.78, 5) is 17.2. The van der Waals surface area contributed by atoms with E-state index in [2.05, 4.69) is 19.9 Å². The summed E-state index contributed by atoms with van der Waals surface area (Å²) in [5, 5.41) is 3.27. The van der Waals surface area contributed by atoms with E-state index in [-0.39, 0.29) is 16.5 Å². The van der Waals surface area contributed by atoms with Crippen molar-refractivity contribution in [3.05, 3.63) is 47.1 Å². The first-order valence-electron chi connectivity index (χ1n) is 10.6. The monoisotopic (exact) mass is 564 g/mol. The summed E-state index contributed by atoms with van der Waals surface area (Å²) in [6.07, 6.45) is -5.31. The Kier molecular flexibility index (Phi) is 7.53. The molecule has 1 aromatic carbocycles. The van der Waals surface area contributed by atoms with Gasteiger partial charge >= 0.3 is 6.18 Å². The molecular weight excluding hydrogens is 544 g/mol. The number of aromatic nitrogens is 3. The minimum Gasteiger partial charge on any atom is -0.345 e. The SMILES string of the molecule is CN1CCN(c2nc(-c3cccc(C(CC(F)(F)F)S(N)(=O)=O)c3F)c(-c3ccnc(Cl)n3)s2)CC1. The third-order valence-corrected chi connectivity index (χ3v) is 8.23. The van der Waals surface area contributed by atoms with Gasteiger partial charge in [0.05, 0.1) is 22.7 Å². The third kappa shape index (κ3) is 5.94. The van der Waals surface area contributed by atoms with Crippen LogP contribution in [-0.2, 0) is 10.0 Å². The molecule has 0 aliphatic carbocycles. The molecule has 1 unspecified atom stereocenters. The second kappa shape index (κ2) is 10.2. The molecule has 0 amide bonds. The van der Waals surface area contributed by atoms with Crippen LogP contribution in [0.5, 0.6) is 0 Å². The number of anilines is 1. The maximum absolute atomic E-state index is 15.8. The van der Waals surface area contributed by atoms with Gasteiger partial charge in [-0.1, -0.05) is 23.5 Å². The fourth-order valence-corrected chi connectivity index (χ4v) is 6.06. The molecule has 1 saturated heterocycles. The smallest absolute Gasteiger partial charge is 0.345 e. The van der Waals surface area contributed by atoms with Crippen LogP contribution in [0.25, 0.3) is 21.8 Å². The lowest BCUT2D eigenvalue weighted by Crippen LogP contribution is -2.44.